The molecule has 0 aromatic carbocycles. The Hall–Kier alpha value is 0.500. The van der Waals surface area contributed by atoms with Crippen LogP contribution in [0.2, 0.25) is 0 Å². The van der Waals surface area contributed by atoms with Gasteiger partial charge in [0.15, 0.2) is 11.5 Å². The van der Waals surface area contributed by atoms with Gasteiger partial charge in [-0.25, -0.2) is 0 Å². The van der Waals surface area contributed by atoms with E-state index < -0.39 is 0 Å². The summed E-state index contributed by atoms with van der Waals surface area (Å²) in [5.41, 5.74) is 0.185. The highest BCUT2D eigenvalue weighted by Gasteiger charge is 2.55. The van der Waals surface area contributed by atoms with Crippen LogP contribution in [0.25, 0.3) is 0 Å². The lowest BCUT2D eigenvalue weighted by atomic mass is 9.48. The van der Waals surface area contributed by atoms with E-state index in [0.29, 0.717) is 16.7 Å². The Morgan fingerprint density at radius 1 is 0.947 bits per heavy atom. The van der Waals surface area contributed by atoms with Crippen molar-refractivity contribution in [2.24, 2.45) is 23.2 Å². The molecule has 1 heterocycles. The molecule has 0 atom stereocenters. The molecule has 0 aromatic rings. The zero-order valence-electron chi connectivity index (χ0n) is 11.7. The van der Waals surface area contributed by atoms with Gasteiger partial charge in [-0.3, -0.25) is 4.79 Å². The van der Waals surface area contributed by atoms with E-state index in [4.69, 9.17) is 0 Å². The van der Waals surface area contributed by atoms with Crippen molar-refractivity contribution in [3.05, 3.63) is 0 Å². The third-order valence-corrected chi connectivity index (χ3v) is 8.48. The molecule has 4 aliphatic carbocycles. The number of hydrogen-bond donors (Lipinski definition) is 0. The molecule has 1 nitrogen and oxygen atoms in total. The predicted molar refractivity (Wildman–Crippen MR) is 76.8 cm³/mol. The van der Waals surface area contributed by atoms with E-state index in [2.05, 4.69) is 0 Å². The number of ketones is 1. The summed E-state index contributed by atoms with van der Waals surface area (Å²) in [6.07, 6.45) is 11.0. The first-order valence-corrected chi connectivity index (χ1v) is 9.64. The maximum absolute atomic E-state index is 12.9. The number of halogens is 1. The summed E-state index contributed by atoms with van der Waals surface area (Å²) in [4.78, 5) is 12.9. The summed E-state index contributed by atoms with van der Waals surface area (Å²) in [6.45, 7) is 0. The van der Waals surface area contributed by atoms with Crippen molar-refractivity contribution in [1.29, 1.82) is 0 Å². The Labute approximate surface area is 130 Å². The van der Waals surface area contributed by atoms with Crippen LogP contribution >= 0.6 is 0 Å². The van der Waals surface area contributed by atoms with E-state index in [1.807, 2.05) is 0 Å². The Morgan fingerprint density at radius 2 is 1.42 bits per heavy atom. The van der Waals surface area contributed by atoms with Gasteiger partial charge in [0.25, 0.3) is 0 Å². The largest absolute Gasteiger partial charge is 1.00 e. The predicted octanol–water partition coefficient (Wildman–Crippen LogP) is 0.188. The van der Waals surface area contributed by atoms with Gasteiger partial charge in [-0.1, -0.05) is 0 Å². The van der Waals surface area contributed by atoms with Crippen LogP contribution in [-0.4, -0.2) is 23.0 Å². The summed E-state index contributed by atoms with van der Waals surface area (Å²) in [6, 6.07) is 0. The second-order valence-corrected chi connectivity index (χ2v) is 9.82. The standard InChI is InChI=1S/C16H25OS.BrH/c17-15(11-18-3-1-2-4-18)16-8-12-5-13(9-16)7-14(6-12)10-16;/h12-14H,1-11H2;1H/q+1;/p-1. The highest BCUT2D eigenvalue weighted by Crippen LogP contribution is 2.60. The number of Topliss-reactive ketones (excluding diaryl/α,β-unsaturated/α-hetero) is 1. The molecule has 4 saturated carbocycles. The topological polar surface area (TPSA) is 17.1 Å². The van der Waals surface area contributed by atoms with Crippen LogP contribution in [0, 0.1) is 23.2 Å². The van der Waals surface area contributed by atoms with Crippen molar-refractivity contribution in [3.8, 4) is 0 Å². The SMILES string of the molecule is O=C(C[S+]1CCCC1)C12CC3CC(CC(C3)C1)C2.[Br-]. The molecule has 1 aliphatic heterocycles. The second kappa shape index (κ2) is 5.36. The molecule has 4 bridgehead atoms. The van der Waals surface area contributed by atoms with Gasteiger partial charge in [-0.05, 0) is 80.0 Å². The summed E-state index contributed by atoms with van der Waals surface area (Å²) in [5.74, 6) is 7.15. The van der Waals surface area contributed by atoms with Gasteiger partial charge in [0.2, 0.25) is 0 Å². The van der Waals surface area contributed by atoms with Gasteiger partial charge in [0.1, 0.15) is 11.5 Å². The Bertz CT molecular complexity index is 326. The van der Waals surface area contributed by atoms with Crippen LogP contribution < -0.4 is 17.0 Å². The molecule has 3 heteroatoms. The second-order valence-electron chi connectivity index (χ2n) is 7.49. The third-order valence-electron chi connectivity index (χ3n) is 6.08. The van der Waals surface area contributed by atoms with Gasteiger partial charge in [-0.15, -0.1) is 0 Å². The number of carbonyl (C=O) groups excluding carboxylic acids is 1. The Kier molecular flexibility index (Phi) is 4.08. The molecule has 0 unspecified atom stereocenters. The smallest absolute Gasteiger partial charge is 0.187 e. The number of rotatable bonds is 3. The van der Waals surface area contributed by atoms with Crippen LogP contribution in [-0.2, 0) is 15.7 Å². The van der Waals surface area contributed by atoms with Crippen LogP contribution in [0.1, 0.15) is 51.4 Å². The summed E-state index contributed by atoms with van der Waals surface area (Å²) in [7, 11) is 0.480. The van der Waals surface area contributed by atoms with Gasteiger partial charge < -0.3 is 17.0 Å². The summed E-state index contributed by atoms with van der Waals surface area (Å²) < 4.78 is 0. The van der Waals surface area contributed by atoms with Gasteiger partial charge in [-0.2, -0.15) is 0 Å². The average Bonchev–Trinajstić information content (AvgIpc) is 2.79. The molecule has 0 N–H and O–H groups in total. The van der Waals surface area contributed by atoms with E-state index in [1.54, 1.807) is 0 Å². The third kappa shape index (κ3) is 2.54. The van der Waals surface area contributed by atoms with Gasteiger partial charge in [0, 0.05) is 5.41 Å². The maximum atomic E-state index is 12.9. The molecule has 108 valence electrons. The molecule has 0 aromatic heterocycles. The zero-order chi connectivity index (χ0) is 12.2. The van der Waals surface area contributed by atoms with E-state index in [-0.39, 0.29) is 22.4 Å². The maximum Gasteiger partial charge on any atom is 0.187 e. The first-order valence-electron chi connectivity index (χ1n) is 7.91. The fourth-order valence-corrected chi connectivity index (χ4v) is 8.04. The highest BCUT2D eigenvalue weighted by molar-refractivity contribution is 7.97. The molecule has 5 aliphatic rings. The van der Waals surface area contributed by atoms with E-state index in [1.165, 1.54) is 62.9 Å². The van der Waals surface area contributed by atoms with Crippen molar-refractivity contribution in [3.63, 3.8) is 0 Å². The van der Waals surface area contributed by atoms with Crippen molar-refractivity contribution >= 4 is 16.7 Å². The number of carbonyl (C=O) groups is 1. The molecular weight excluding hydrogens is 320 g/mol. The highest BCUT2D eigenvalue weighted by atomic mass is 79.9. The first kappa shape index (κ1) is 14.4. The lowest BCUT2D eigenvalue weighted by Crippen LogP contribution is -3.00. The monoisotopic (exact) mass is 344 g/mol. The average molecular weight is 345 g/mol. The molecule has 0 radical (unpaired) electrons. The molecule has 5 rings (SSSR count). The lowest BCUT2D eigenvalue weighted by Gasteiger charge is -2.55. The minimum Gasteiger partial charge on any atom is -1.00 e. The molecule has 1 saturated heterocycles. The molecular formula is C16H25BrOS. The lowest BCUT2D eigenvalue weighted by molar-refractivity contribution is -0.141. The molecule has 0 amide bonds. The molecule has 19 heavy (non-hydrogen) atoms. The summed E-state index contributed by atoms with van der Waals surface area (Å²) in [5, 5.41) is 0. The van der Waals surface area contributed by atoms with E-state index >= 15 is 0 Å². The fourth-order valence-electron chi connectivity index (χ4n) is 5.65. The van der Waals surface area contributed by atoms with Crippen LogP contribution in [0.15, 0.2) is 0 Å². The Balaban J connectivity index is 0.00000110. The zero-order valence-corrected chi connectivity index (χ0v) is 14.1. The van der Waals surface area contributed by atoms with Crippen LogP contribution in [0.5, 0.6) is 0 Å². The van der Waals surface area contributed by atoms with Crippen LogP contribution in [0.3, 0.4) is 0 Å². The number of hydrogen-bond acceptors (Lipinski definition) is 1. The minimum absolute atomic E-state index is 0. The van der Waals surface area contributed by atoms with Crippen molar-refractivity contribution < 1.29 is 21.8 Å². The first-order chi connectivity index (χ1) is 8.73. The van der Waals surface area contributed by atoms with Gasteiger partial charge in [0.05, 0.1) is 0 Å². The quantitative estimate of drug-likeness (QED) is 0.668. The van der Waals surface area contributed by atoms with E-state index in [0.717, 1.165) is 23.5 Å². The molecule has 0 spiro atoms. The molecule has 5 fully saturated rings. The van der Waals surface area contributed by atoms with Gasteiger partial charge >= 0.3 is 0 Å². The van der Waals surface area contributed by atoms with Crippen molar-refractivity contribution in [1.82, 2.24) is 0 Å². The Morgan fingerprint density at radius 3 is 1.89 bits per heavy atom. The van der Waals surface area contributed by atoms with Crippen molar-refractivity contribution in [2.75, 3.05) is 17.3 Å². The van der Waals surface area contributed by atoms with Crippen molar-refractivity contribution in [2.45, 2.75) is 51.4 Å². The van der Waals surface area contributed by atoms with E-state index in [9.17, 15) is 4.79 Å². The normalized spacial score (nSPS) is 44.3. The fraction of sp³-hybridized carbons (Fsp3) is 0.938. The van der Waals surface area contributed by atoms with Crippen LogP contribution in [0.4, 0.5) is 0 Å². The minimum atomic E-state index is 0. The summed E-state index contributed by atoms with van der Waals surface area (Å²) >= 11 is 0.